The zero-order chi connectivity index (χ0) is 29.2. The van der Waals surface area contributed by atoms with E-state index in [2.05, 4.69) is 46.4 Å². The average Bonchev–Trinajstić information content (AvgIpc) is 3.48. The number of carbonyl (C=O) groups is 2. The van der Waals surface area contributed by atoms with Crippen LogP contribution in [0.1, 0.15) is 103 Å². The predicted octanol–water partition coefficient (Wildman–Crippen LogP) is 6.16. The summed E-state index contributed by atoms with van der Waals surface area (Å²) < 4.78 is 0. The van der Waals surface area contributed by atoms with Gasteiger partial charge >= 0.3 is 6.03 Å². The van der Waals surface area contributed by atoms with Crippen LogP contribution in [0.2, 0.25) is 5.02 Å². The molecule has 6 rings (SSSR count). The molecule has 1 aromatic rings. The summed E-state index contributed by atoms with van der Waals surface area (Å²) in [5, 5.41) is 8.36. The van der Waals surface area contributed by atoms with E-state index < -0.39 is 0 Å². The minimum atomic E-state index is -0.236. The van der Waals surface area contributed by atoms with Gasteiger partial charge in [-0.2, -0.15) is 0 Å². The number of benzene rings is 1. The molecule has 9 heteroatoms. The number of nitrogens with one attached hydrogen (secondary N) is 2. The van der Waals surface area contributed by atoms with Crippen molar-refractivity contribution in [1.29, 1.82) is 0 Å². The lowest BCUT2D eigenvalue weighted by atomic mass is 9.89. The number of hydrogen-bond acceptors (Lipinski definition) is 4. The Balaban J connectivity index is 0.00000368. The smallest absolute Gasteiger partial charge is 0.320 e. The Labute approximate surface area is 270 Å². The van der Waals surface area contributed by atoms with Crippen molar-refractivity contribution in [2.45, 2.75) is 152 Å². The van der Waals surface area contributed by atoms with Crippen molar-refractivity contribution in [2.24, 2.45) is 0 Å². The molecular weight excluding hydrogens is 581 g/mol. The Morgan fingerprint density at radius 1 is 0.884 bits per heavy atom. The molecular formula is C34H53Cl2N5O2. The van der Waals surface area contributed by atoms with E-state index >= 15 is 0 Å². The molecule has 3 amide bonds. The van der Waals surface area contributed by atoms with Gasteiger partial charge in [-0.1, -0.05) is 43.0 Å². The Morgan fingerprint density at radius 3 is 2.07 bits per heavy atom. The second-order valence-corrected chi connectivity index (χ2v) is 14.2. The lowest BCUT2D eigenvalue weighted by molar-refractivity contribution is -0.139. The molecule has 5 fully saturated rings. The van der Waals surface area contributed by atoms with Crippen molar-refractivity contribution < 1.29 is 9.59 Å². The number of halogens is 2. The van der Waals surface area contributed by atoms with Crippen molar-refractivity contribution in [3.8, 4) is 0 Å². The lowest BCUT2D eigenvalue weighted by Gasteiger charge is -2.48. The van der Waals surface area contributed by atoms with Gasteiger partial charge in [0.2, 0.25) is 5.91 Å². The Hall–Kier alpha value is -1.54. The van der Waals surface area contributed by atoms with Gasteiger partial charge in [0.05, 0.1) is 6.04 Å². The molecule has 4 heterocycles. The summed E-state index contributed by atoms with van der Waals surface area (Å²) in [6.45, 7) is 5.68. The maximum Gasteiger partial charge on any atom is 0.320 e. The molecule has 4 bridgehead atoms. The molecule has 4 unspecified atom stereocenters. The van der Waals surface area contributed by atoms with Crippen LogP contribution in [0.15, 0.2) is 24.3 Å². The maximum absolute atomic E-state index is 14.5. The van der Waals surface area contributed by atoms with E-state index in [-0.39, 0.29) is 48.5 Å². The highest BCUT2D eigenvalue weighted by atomic mass is 35.5. The number of rotatable bonds is 9. The van der Waals surface area contributed by atoms with Crippen LogP contribution in [0.5, 0.6) is 0 Å². The molecule has 7 nitrogen and oxygen atoms in total. The summed E-state index contributed by atoms with van der Waals surface area (Å²) in [5.41, 5.74) is 1.15. The maximum atomic E-state index is 14.5. The summed E-state index contributed by atoms with van der Waals surface area (Å²) in [6, 6.07) is 10.5. The molecule has 240 valence electrons. The molecule has 2 N–H and O–H groups in total. The summed E-state index contributed by atoms with van der Waals surface area (Å²) in [5.74, 6) is 0.265. The van der Waals surface area contributed by atoms with E-state index in [1.54, 1.807) is 0 Å². The predicted molar refractivity (Wildman–Crippen MR) is 176 cm³/mol. The van der Waals surface area contributed by atoms with Crippen LogP contribution < -0.4 is 10.6 Å². The first-order valence-electron chi connectivity index (χ1n) is 17.1. The molecule has 0 radical (unpaired) electrons. The van der Waals surface area contributed by atoms with E-state index in [0.717, 1.165) is 75.0 Å². The standard InChI is InChI=1S/C34H52ClN5O2.ClH/c1-3-38(4-2)34(42)40(28-8-6-5-7-9-28)31-21-29-16-17-30(22-31)39(29)33(41)32(18-23-10-12-24(35)13-11-23)37-27-19-25-14-15-26(20-27)36-25;/h10-13,25-32,36-37H,3-9,14-22H2,1-2H3;1H/t25?,26?,27?,29?,30?,31?,32-;/m1./s1. The Bertz CT molecular complexity index is 1050. The van der Waals surface area contributed by atoms with Gasteiger partial charge in [-0.3, -0.25) is 4.79 Å². The minimum Gasteiger partial charge on any atom is -0.335 e. The van der Waals surface area contributed by atoms with Gasteiger partial charge in [0.15, 0.2) is 0 Å². The van der Waals surface area contributed by atoms with Gasteiger partial charge in [-0.15, -0.1) is 12.4 Å². The van der Waals surface area contributed by atoms with Crippen LogP contribution in [-0.2, 0) is 11.2 Å². The molecule has 5 aliphatic rings. The zero-order valence-corrected chi connectivity index (χ0v) is 27.8. The van der Waals surface area contributed by atoms with E-state index in [0.29, 0.717) is 30.6 Å². The molecule has 0 spiro atoms. The largest absolute Gasteiger partial charge is 0.335 e. The van der Waals surface area contributed by atoms with Crippen LogP contribution in [-0.4, -0.2) is 88.1 Å². The first-order chi connectivity index (χ1) is 20.4. The Morgan fingerprint density at radius 2 is 1.49 bits per heavy atom. The van der Waals surface area contributed by atoms with Crippen LogP contribution in [0.4, 0.5) is 4.79 Å². The third kappa shape index (κ3) is 7.31. The third-order valence-corrected chi connectivity index (χ3v) is 11.4. The lowest BCUT2D eigenvalue weighted by Crippen LogP contribution is -2.62. The second kappa shape index (κ2) is 14.7. The minimum absolute atomic E-state index is 0. The van der Waals surface area contributed by atoms with Gasteiger partial charge in [0.1, 0.15) is 0 Å². The fourth-order valence-electron chi connectivity index (χ4n) is 9.09. The molecule has 1 aromatic carbocycles. The van der Waals surface area contributed by atoms with Gasteiger partial charge < -0.3 is 25.3 Å². The SMILES string of the molecule is CCN(CC)C(=O)N(C1CCCCC1)C1CC2CCC(C1)N2C(=O)[C@@H](Cc1ccc(Cl)cc1)NC1CC2CCC(C1)N2.Cl. The topological polar surface area (TPSA) is 67.9 Å². The normalized spacial score (nSPS) is 30.9. The van der Waals surface area contributed by atoms with Crippen LogP contribution in [0.3, 0.4) is 0 Å². The summed E-state index contributed by atoms with van der Waals surface area (Å²) in [4.78, 5) is 35.0. The first-order valence-corrected chi connectivity index (χ1v) is 17.5. The average molecular weight is 635 g/mol. The van der Waals surface area contributed by atoms with E-state index in [1.807, 2.05) is 17.0 Å². The highest BCUT2D eigenvalue weighted by Crippen LogP contribution is 2.40. The number of fused-ring (bicyclic) bond motifs is 4. The summed E-state index contributed by atoms with van der Waals surface area (Å²) in [6.07, 6.45) is 15.3. The van der Waals surface area contributed by atoms with Crippen molar-refractivity contribution >= 4 is 35.9 Å². The van der Waals surface area contributed by atoms with Crippen molar-refractivity contribution in [2.75, 3.05) is 13.1 Å². The molecule has 4 saturated heterocycles. The highest BCUT2D eigenvalue weighted by Gasteiger charge is 2.48. The van der Waals surface area contributed by atoms with Crippen molar-refractivity contribution in [1.82, 2.24) is 25.3 Å². The van der Waals surface area contributed by atoms with Crippen LogP contribution in [0.25, 0.3) is 0 Å². The van der Waals surface area contributed by atoms with E-state index in [1.165, 1.54) is 32.1 Å². The number of amides is 3. The molecule has 0 aromatic heterocycles. The summed E-state index contributed by atoms with van der Waals surface area (Å²) >= 11 is 6.20. The van der Waals surface area contributed by atoms with Crippen molar-refractivity contribution in [3.63, 3.8) is 0 Å². The number of hydrogen-bond donors (Lipinski definition) is 2. The van der Waals surface area contributed by atoms with Crippen molar-refractivity contribution in [3.05, 3.63) is 34.9 Å². The number of urea groups is 1. The zero-order valence-electron chi connectivity index (χ0n) is 26.2. The van der Waals surface area contributed by atoms with Gasteiger partial charge in [-0.25, -0.2) is 4.79 Å². The number of carbonyl (C=O) groups excluding carboxylic acids is 2. The van der Waals surface area contributed by atoms with E-state index in [9.17, 15) is 9.59 Å². The fraction of sp³-hybridized carbons (Fsp3) is 0.765. The van der Waals surface area contributed by atoms with Crippen LogP contribution in [0, 0.1) is 0 Å². The molecule has 43 heavy (non-hydrogen) atoms. The van der Waals surface area contributed by atoms with Gasteiger partial charge in [0, 0.05) is 60.4 Å². The fourth-order valence-corrected chi connectivity index (χ4v) is 9.22. The third-order valence-electron chi connectivity index (χ3n) is 11.1. The second-order valence-electron chi connectivity index (χ2n) is 13.8. The monoisotopic (exact) mass is 633 g/mol. The molecule has 5 atom stereocenters. The van der Waals surface area contributed by atoms with Crippen LogP contribution >= 0.6 is 24.0 Å². The highest BCUT2D eigenvalue weighted by molar-refractivity contribution is 6.30. The van der Waals surface area contributed by atoms with Gasteiger partial charge in [0.25, 0.3) is 0 Å². The molecule has 4 aliphatic heterocycles. The Kier molecular flexibility index (Phi) is 11.2. The van der Waals surface area contributed by atoms with Gasteiger partial charge in [-0.05, 0) is 102 Å². The number of piperidine rings is 2. The number of nitrogens with zero attached hydrogens (tertiary/aromatic N) is 3. The van der Waals surface area contributed by atoms with E-state index in [4.69, 9.17) is 11.6 Å². The molecule has 1 saturated carbocycles. The summed E-state index contributed by atoms with van der Waals surface area (Å²) in [7, 11) is 0. The first kappa shape index (κ1) is 32.8. The quantitative estimate of drug-likeness (QED) is 0.342. The molecule has 1 aliphatic carbocycles.